The van der Waals surface area contributed by atoms with Crippen molar-refractivity contribution in [1.29, 1.82) is 0 Å². The Hall–Kier alpha value is -1.30. The summed E-state index contributed by atoms with van der Waals surface area (Å²) in [5, 5.41) is 12.6. The van der Waals surface area contributed by atoms with Gasteiger partial charge in [-0.2, -0.15) is 0 Å². The molecule has 22 heavy (non-hydrogen) atoms. The minimum absolute atomic E-state index is 0.0770. The molecule has 0 aliphatic heterocycles. The Morgan fingerprint density at radius 3 is 2.50 bits per heavy atom. The summed E-state index contributed by atoms with van der Waals surface area (Å²) in [6.45, 7) is 3.25. The molecule has 1 aromatic rings. The zero-order chi connectivity index (χ0) is 16.9. The number of carboxylic acid groups (broad SMARTS) is 1. The molecule has 0 radical (unpaired) electrons. The zero-order valence-corrected chi connectivity index (χ0v) is 14.2. The van der Waals surface area contributed by atoms with Gasteiger partial charge in [-0.15, -0.1) is 0 Å². The number of amides is 1. The topological polar surface area (TPSA) is 75.6 Å². The predicted octanol–water partition coefficient (Wildman–Crippen LogP) is 3.22. The van der Waals surface area contributed by atoms with E-state index < -0.39 is 11.5 Å². The van der Waals surface area contributed by atoms with E-state index in [1.54, 1.807) is 7.11 Å². The normalized spacial score (nSPS) is 15.0. The van der Waals surface area contributed by atoms with Gasteiger partial charge >= 0.3 is 5.97 Å². The summed E-state index contributed by atoms with van der Waals surface area (Å²) in [6.07, 6.45) is 0.588. The molecule has 0 heterocycles. The van der Waals surface area contributed by atoms with E-state index in [-0.39, 0.29) is 23.5 Å². The largest absolute Gasteiger partial charge is 0.479 e. The highest BCUT2D eigenvalue weighted by molar-refractivity contribution is 6.42. The van der Waals surface area contributed by atoms with Crippen LogP contribution in [0.3, 0.4) is 0 Å². The monoisotopic (exact) mass is 347 g/mol. The second-order valence-electron chi connectivity index (χ2n) is 5.19. The van der Waals surface area contributed by atoms with Crippen molar-refractivity contribution in [3.8, 4) is 0 Å². The van der Waals surface area contributed by atoms with Crippen molar-refractivity contribution in [1.82, 2.24) is 5.32 Å². The minimum Gasteiger partial charge on any atom is -0.479 e. The van der Waals surface area contributed by atoms with Crippen LogP contribution in [0.15, 0.2) is 18.2 Å². The van der Waals surface area contributed by atoms with Gasteiger partial charge in [-0.3, -0.25) is 4.79 Å². The molecule has 0 aliphatic carbocycles. The maximum Gasteiger partial charge on any atom is 0.333 e. The highest BCUT2D eigenvalue weighted by Gasteiger charge is 2.37. The van der Waals surface area contributed by atoms with Crippen molar-refractivity contribution >= 4 is 35.1 Å². The van der Waals surface area contributed by atoms with Crippen LogP contribution in [0.5, 0.6) is 0 Å². The Morgan fingerprint density at radius 1 is 1.36 bits per heavy atom. The first-order chi connectivity index (χ1) is 10.2. The van der Waals surface area contributed by atoms with Crippen LogP contribution in [0.25, 0.3) is 0 Å². The quantitative estimate of drug-likeness (QED) is 0.793. The molecular formula is C15H19Cl2NO4. The third-order valence-electron chi connectivity index (χ3n) is 3.49. The second-order valence-corrected chi connectivity index (χ2v) is 6.01. The fraction of sp³-hybridized carbons (Fsp3) is 0.467. The molecule has 1 rings (SSSR count). The summed E-state index contributed by atoms with van der Waals surface area (Å²) in [5.74, 6) is -1.56. The van der Waals surface area contributed by atoms with Crippen LogP contribution in [-0.4, -0.2) is 30.2 Å². The summed E-state index contributed by atoms with van der Waals surface area (Å²) in [6, 6.07) is 4.47. The van der Waals surface area contributed by atoms with Crippen molar-refractivity contribution in [3.05, 3.63) is 33.8 Å². The maximum atomic E-state index is 12.0. The number of benzene rings is 1. The van der Waals surface area contributed by atoms with Gasteiger partial charge in [0.2, 0.25) is 5.91 Å². The fourth-order valence-corrected chi connectivity index (χ4v) is 2.15. The SMILES string of the molecule is COC(C)CCC(=O)NC(C)(C(=O)O)c1ccc(Cl)c(Cl)c1. The zero-order valence-electron chi connectivity index (χ0n) is 12.7. The Morgan fingerprint density at radius 2 is 2.00 bits per heavy atom. The molecule has 1 amide bonds. The Kier molecular flexibility index (Phi) is 6.66. The summed E-state index contributed by atoms with van der Waals surface area (Å²) in [4.78, 5) is 23.7. The highest BCUT2D eigenvalue weighted by atomic mass is 35.5. The molecule has 0 saturated carbocycles. The molecule has 5 nitrogen and oxygen atoms in total. The number of halogens is 2. The van der Waals surface area contributed by atoms with Crippen molar-refractivity contribution in [3.63, 3.8) is 0 Å². The van der Waals surface area contributed by atoms with E-state index in [0.29, 0.717) is 17.0 Å². The first-order valence-corrected chi connectivity index (χ1v) is 7.49. The van der Waals surface area contributed by atoms with E-state index >= 15 is 0 Å². The van der Waals surface area contributed by atoms with Crippen LogP contribution in [0.4, 0.5) is 0 Å². The third-order valence-corrected chi connectivity index (χ3v) is 4.23. The van der Waals surface area contributed by atoms with E-state index in [4.69, 9.17) is 27.9 Å². The van der Waals surface area contributed by atoms with Gasteiger partial charge in [0, 0.05) is 13.5 Å². The van der Waals surface area contributed by atoms with Crippen LogP contribution in [0, 0.1) is 0 Å². The van der Waals surface area contributed by atoms with Crippen molar-refractivity contribution in [2.75, 3.05) is 7.11 Å². The Labute approximate surface area is 139 Å². The molecule has 2 N–H and O–H groups in total. The van der Waals surface area contributed by atoms with Gasteiger partial charge in [-0.1, -0.05) is 29.3 Å². The first-order valence-electron chi connectivity index (χ1n) is 6.73. The summed E-state index contributed by atoms with van der Waals surface area (Å²) >= 11 is 11.8. The van der Waals surface area contributed by atoms with E-state index in [1.165, 1.54) is 25.1 Å². The number of hydrogen-bond donors (Lipinski definition) is 2. The molecule has 2 unspecified atom stereocenters. The summed E-state index contributed by atoms with van der Waals surface area (Å²) in [7, 11) is 1.56. The minimum atomic E-state index is -1.58. The molecular weight excluding hydrogens is 329 g/mol. The fourth-order valence-electron chi connectivity index (χ4n) is 1.85. The summed E-state index contributed by atoms with van der Waals surface area (Å²) < 4.78 is 5.06. The van der Waals surface area contributed by atoms with Gasteiger partial charge in [-0.05, 0) is 38.0 Å². The molecule has 0 aromatic heterocycles. The number of hydrogen-bond acceptors (Lipinski definition) is 3. The number of nitrogens with one attached hydrogen (secondary N) is 1. The van der Waals surface area contributed by atoms with Gasteiger partial charge in [0.25, 0.3) is 0 Å². The van der Waals surface area contributed by atoms with Gasteiger partial charge in [0.1, 0.15) is 0 Å². The van der Waals surface area contributed by atoms with Crippen LogP contribution in [0.2, 0.25) is 10.0 Å². The van der Waals surface area contributed by atoms with Crippen LogP contribution in [0.1, 0.15) is 32.3 Å². The molecule has 0 spiro atoms. The predicted molar refractivity (Wildman–Crippen MR) is 85.3 cm³/mol. The lowest BCUT2D eigenvalue weighted by molar-refractivity contribution is -0.147. The number of carbonyl (C=O) groups excluding carboxylic acids is 1. The number of aliphatic carboxylic acids is 1. The highest BCUT2D eigenvalue weighted by Crippen LogP contribution is 2.29. The number of carboxylic acids is 1. The van der Waals surface area contributed by atoms with Gasteiger partial charge in [0.05, 0.1) is 16.1 Å². The number of methoxy groups -OCH3 is 1. The Balaban J connectivity index is 2.94. The lowest BCUT2D eigenvalue weighted by atomic mass is 9.91. The first kappa shape index (κ1) is 18.7. The van der Waals surface area contributed by atoms with Gasteiger partial charge < -0.3 is 15.2 Å². The van der Waals surface area contributed by atoms with Crippen LogP contribution in [-0.2, 0) is 19.9 Å². The lowest BCUT2D eigenvalue weighted by Crippen LogP contribution is -2.49. The van der Waals surface area contributed by atoms with E-state index in [9.17, 15) is 14.7 Å². The van der Waals surface area contributed by atoms with Gasteiger partial charge in [-0.25, -0.2) is 4.79 Å². The number of carbonyl (C=O) groups is 2. The van der Waals surface area contributed by atoms with Crippen LogP contribution < -0.4 is 5.32 Å². The molecule has 0 saturated heterocycles. The Bertz CT molecular complexity index is 564. The average molecular weight is 348 g/mol. The molecule has 122 valence electrons. The number of ether oxygens (including phenoxy) is 1. The molecule has 7 heteroatoms. The molecule has 0 bridgehead atoms. The van der Waals surface area contributed by atoms with Crippen LogP contribution >= 0.6 is 23.2 Å². The smallest absolute Gasteiger partial charge is 0.333 e. The van der Waals surface area contributed by atoms with E-state index in [0.717, 1.165) is 0 Å². The second kappa shape index (κ2) is 7.81. The summed E-state index contributed by atoms with van der Waals surface area (Å²) in [5.41, 5.74) is -1.23. The van der Waals surface area contributed by atoms with E-state index in [2.05, 4.69) is 5.32 Å². The van der Waals surface area contributed by atoms with Crippen molar-refractivity contribution in [2.45, 2.75) is 38.3 Å². The van der Waals surface area contributed by atoms with E-state index in [1.807, 2.05) is 6.92 Å². The average Bonchev–Trinajstić information content (AvgIpc) is 2.47. The molecule has 0 aliphatic rings. The molecule has 2 atom stereocenters. The van der Waals surface area contributed by atoms with Gasteiger partial charge in [0.15, 0.2) is 5.54 Å². The standard InChI is InChI=1S/C15H19Cl2NO4/c1-9(22-3)4-7-13(19)18-15(2,14(20)21)10-5-6-11(16)12(17)8-10/h5-6,8-9H,4,7H2,1-3H3,(H,18,19)(H,20,21). The van der Waals surface area contributed by atoms with Crippen molar-refractivity contribution in [2.24, 2.45) is 0 Å². The molecule has 0 fully saturated rings. The maximum absolute atomic E-state index is 12.0. The lowest BCUT2D eigenvalue weighted by Gasteiger charge is -2.27. The van der Waals surface area contributed by atoms with Crippen molar-refractivity contribution < 1.29 is 19.4 Å². The number of rotatable bonds is 7. The molecule has 1 aromatic carbocycles. The third kappa shape index (κ3) is 4.60.